The minimum absolute atomic E-state index is 0.0661. The van der Waals surface area contributed by atoms with Gasteiger partial charge in [-0.25, -0.2) is 4.98 Å². The molecule has 1 aromatic carbocycles. The summed E-state index contributed by atoms with van der Waals surface area (Å²) in [5.74, 6) is -0.0661. The largest absolute Gasteiger partial charge is 0.356 e. The molecule has 2 N–H and O–H groups in total. The molecular formula is C14H14N4O2. The van der Waals surface area contributed by atoms with Crippen LogP contribution in [0.5, 0.6) is 0 Å². The highest BCUT2D eigenvalue weighted by molar-refractivity contribution is 5.86. The zero-order chi connectivity index (χ0) is 13.8. The fourth-order valence-corrected chi connectivity index (χ4v) is 2.04. The molecule has 102 valence electrons. The van der Waals surface area contributed by atoms with Crippen LogP contribution in [0.2, 0.25) is 0 Å². The van der Waals surface area contributed by atoms with Crippen molar-refractivity contribution in [3.8, 4) is 0 Å². The van der Waals surface area contributed by atoms with Crippen LogP contribution < -0.4 is 5.32 Å². The van der Waals surface area contributed by atoms with Gasteiger partial charge < -0.3 is 14.8 Å². The smallest absolute Gasteiger partial charge is 0.226 e. The number of H-pyrrole nitrogens is 1. The topological polar surface area (TPSA) is 83.8 Å². The number of imidazole rings is 1. The van der Waals surface area contributed by atoms with Crippen LogP contribution in [0.4, 0.5) is 0 Å². The molecule has 0 radical (unpaired) electrons. The lowest BCUT2D eigenvalue weighted by Crippen LogP contribution is -2.27. The summed E-state index contributed by atoms with van der Waals surface area (Å²) < 4.78 is 5.17. The number of carbonyl (C=O) groups excluding carboxylic acids is 1. The Hall–Kier alpha value is -2.63. The van der Waals surface area contributed by atoms with Crippen molar-refractivity contribution in [2.24, 2.45) is 0 Å². The summed E-state index contributed by atoms with van der Waals surface area (Å²) in [5.41, 5.74) is 2.37. The first kappa shape index (κ1) is 12.4. The van der Waals surface area contributed by atoms with Crippen LogP contribution in [0.1, 0.15) is 11.4 Å². The van der Waals surface area contributed by atoms with Gasteiger partial charge in [-0.1, -0.05) is 17.3 Å². The van der Waals surface area contributed by atoms with Crippen molar-refractivity contribution >= 4 is 16.9 Å². The molecule has 0 saturated heterocycles. The van der Waals surface area contributed by atoms with Gasteiger partial charge in [0.05, 0.1) is 12.7 Å². The summed E-state index contributed by atoms with van der Waals surface area (Å²) in [6, 6.07) is 7.52. The van der Waals surface area contributed by atoms with Gasteiger partial charge in [0.2, 0.25) is 5.91 Å². The first-order chi connectivity index (χ1) is 9.83. The number of hydrogen-bond donors (Lipinski definition) is 2. The number of carbonyl (C=O) groups is 1. The molecule has 6 nitrogen and oxygen atoms in total. The van der Waals surface area contributed by atoms with Gasteiger partial charge in [0.1, 0.15) is 5.69 Å². The third-order valence-electron chi connectivity index (χ3n) is 3.05. The number of amides is 1. The molecule has 0 aliphatic rings. The number of hydrogen-bond acceptors (Lipinski definition) is 4. The van der Waals surface area contributed by atoms with Crippen LogP contribution in [0.25, 0.3) is 11.0 Å². The van der Waals surface area contributed by atoms with Gasteiger partial charge in [0.25, 0.3) is 0 Å². The zero-order valence-corrected chi connectivity index (χ0v) is 10.8. The monoisotopic (exact) mass is 270 g/mol. The van der Waals surface area contributed by atoms with Crippen LogP contribution >= 0.6 is 0 Å². The maximum Gasteiger partial charge on any atom is 0.226 e. The van der Waals surface area contributed by atoms with E-state index in [2.05, 4.69) is 20.4 Å². The summed E-state index contributed by atoms with van der Waals surface area (Å²) in [7, 11) is 0. The summed E-state index contributed by atoms with van der Waals surface area (Å²) in [4.78, 5) is 18.8. The predicted octanol–water partition coefficient (Wildman–Crippen LogP) is 1.45. The summed E-state index contributed by atoms with van der Waals surface area (Å²) >= 11 is 0. The number of aromatic nitrogens is 3. The van der Waals surface area contributed by atoms with Crippen LogP contribution in [0.3, 0.4) is 0 Å². The van der Waals surface area contributed by atoms with E-state index in [-0.39, 0.29) is 12.3 Å². The molecule has 1 amide bonds. The lowest BCUT2D eigenvalue weighted by molar-refractivity contribution is -0.120. The van der Waals surface area contributed by atoms with Gasteiger partial charge in [0.15, 0.2) is 5.58 Å². The Kier molecular flexibility index (Phi) is 3.45. The molecule has 3 aromatic rings. The molecule has 0 fully saturated rings. The Balaban J connectivity index is 1.56. The number of aromatic amines is 1. The molecule has 2 heterocycles. The maximum atomic E-state index is 11.9. The van der Waals surface area contributed by atoms with Gasteiger partial charge in [-0.05, 0) is 12.1 Å². The maximum absolute atomic E-state index is 11.9. The summed E-state index contributed by atoms with van der Waals surface area (Å²) in [5, 5.41) is 7.68. The SMILES string of the molecule is O=C(Cc1noc2ccccc12)NCCc1cnc[nH]1. The van der Waals surface area contributed by atoms with E-state index in [1.807, 2.05) is 24.3 Å². The number of nitrogens with zero attached hydrogens (tertiary/aromatic N) is 2. The summed E-state index contributed by atoms with van der Waals surface area (Å²) in [6.07, 6.45) is 4.32. The first-order valence-corrected chi connectivity index (χ1v) is 6.40. The van der Waals surface area contributed by atoms with Crippen LogP contribution in [-0.4, -0.2) is 27.6 Å². The Labute approximate surface area is 115 Å². The highest BCUT2D eigenvalue weighted by Crippen LogP contribution is 2.17. The van der Waals surface area contributed by atoms with E-state index < -0.39 is 0 Å². The van der Waals surface area contributed by atoms with E-state index in [1.165, 1.54) is 0 Å². The van der Waals surface area contributed by atoms with Crippen LogP contribution in [0, 0.1) is 0 Å². The van der Waals surface area contributed by atoms with Gasteiger partial charge in [0, 0.05) is 30.2 Å². The summed E-state index contributed by atoms with van der Waals surface area (Å²) in [6.45, 7) is 0.566. The molecule has 0 atom stereocenters. The van der Waals surface area contributed by atoms with E-state index in [9.17, 15) is 4.79 Å². The standard InChI is InChI=1S/C14H14N4O2/c19-14(16-6-5-10-8-15-9-17-10)7-12-11-3-1-2-4-13(11)20-18-12/h1-4,8-9H,5-7H2,(H,15,17)(H,16,19). The van der Waals surface area contributed by atoms with Gasteiger partial charge in [-0.2, -0.15) is 0 Å². The van der Waals surface area contributed by atoms with Gasteiger partial charge in [-0.3, -0.25) is 4.79 Å². The number of benzene rings is 1. The van der Waals surface area contributed by atoms with Crippen molar-refractivity contribution < 1.29 is 9.32 Å². The predicted molar refractivity (Wildman–Crippen MR) is 73.0 cm³/mol. The quantitative estimate of drug-likeness (QED) is 0.735. The molecule has 2 aromatic heterocycles. The second kappa shape index (κ2) is 5.56. The molecular weight excluding hydrogens is 256 g/mol. The Bertz CT molecular complexity index is 703. The third-order valence-corrected chi connectivity index (χ3v) is 3.05. The lowest BCUT2D eigenvalue weighted by atomic mass is 10.1. The average Bonchev–Trinajstić information content (AvgIpc) is 3.09. The normalized spacial score (nSPS) is 10.8. The van der Waals surface area contributed by atoms with E-state index in [4.69, 9.17) is 4.52 Å². The van der Waals surface area contributed by atoms with E-state index in [0.29, 0.717) is 17.8 Å². The Morgan fingerprint density at radius 1 is 1.35 bits per heavy atom. The van der Waals surface area contributed by atoms with E-state index in [0.717, 1.165) is 17.5 Å². The first-order valence-electron chi connectivity index (χ1n) is 6.40. The number of para-hydroxylation sites is 1. The molecule has 0 saturated carbocycles. The minimum Gasteiger partial charge on any atom is -0.356 e. The van der Waals surface area contributed by atoms with E-state index in [1.54, 1.807) is 12.5 Å². The number of nitrogens with one attached hydrogen (secondary N) is 2. The number of fused-ring (bicyclic) bond motifs is 1. The third kappa shape index (κ3) is 2.69. The molecule has 20 heavy (non-hydrogen) atoms. The highest BCUT2D eigenvalue weighted by atomic mass is 16.5. The second-order valence-corrected chi connectivity index (χ2v) is 4.48. The average molecular weight is 270 g/mol. The molecule has 0 spiro atoms. The zero-order valence-electron chi connectivity index (χ0n) is 10.8. The fraction of sp³-hybridized carbons (Fsp3) is 0.214. The molecule has 3 rings (SSSR count). The van der Waals surface area contributed by atoms with Gasteiger partial charge in [-0.15, -0.1) is 0 Å². The number of rotatable bonds is 5. The van der Waals surface area contributed by atoms with Crippen molar-refractivity contribution in [1.82, 2.24) is 20.4 Å². The van der Waals surface area contributed by atoms with Crippen LogP contribution in [-0.2, 0) is 17.6 Å². The minimum atomic E-state index is -0.0661. The Morgan fingerprint density at radius 2 is 2.25 bits per heavy atom. The second-order valence-electron chi connectivity index (χ2n) is 4.48. The molecule has 0 bridgehead atoms. The van der Waals surface area contributed by atoms with Crippen molar-refractivity contribution in [2.45, 2.75) is 12.8 Å². The molecule has 0 unspecified atom stereocenters. The Morgan fingerprint density at radius 3 is 3.10 bits per heavy atom. The van der Waals surface area contributed by atoms with Crippen molar-refractivity contribution in [3.05, 3.63) is 48.2 Å². The molecule has 6 heteroatoms. The molecule has 0 aliphatic heterocycles. The fourth-order valence-electron chi connectivity index (χ4n) is 2.04. The van der Waals surface area contributed by atoms with Gasteiger partial charge >= 0.3 is 0 Å². The lowest BCUT2D eigenvalue weighted by Gasteiger charge is -2.02. The van der Waals surface area contributed by atoms with Crippen molar-refractivity contribution in [3.63, 3.8) is 0 Å². The van der Waals surface area contributed by atoms with Crippen LogP contribution in [0.15, 0.2) is 41.3 Å². The highest BCUT2D eigenvalue weighted by Gasteiger charge is 2.11. The van der Waals surface area contributed by atoms with Crippen molar-refractivity contribution in [1.29, 1.82) is 0 Å². The van der Waals surface area contributed by atoms with E-state index >= 15 is 0 Å². The van der Waals surface area contributed by atoms with Crippen molar-refractivity contribution in [2.75, 3.05) is 6.54 Å². The molecule has 0 aliphatic carbocycles.